The number of aryl methyl sites for hydroxylation is 1. The third kappa shape index (κ3) is 2.00. The van der Waals surface area contributed by atoms with Gasteiger partial charge in [0.25, 0.3) is 0 Å². The summed E-state index contributed by atoms with van der Waals surface area (Å²) in [6, 6.07) is 0. The van der Waals surface area contributed by atoms with Crippen molar-refractivity contribution in [3.8, 4) is 0 Å². The molecule has 1 rings (SSSR count). The van der Waals surface area contributed by atoms with Crippen LogP contribution in [0.5, 0.6) is 0 Å². The maximum Gasteiger partial charge on any atom is 0.421 e. The Bertz CT molecular complexity index is 282. The van der Waals surface area contributed by atoms with Crippen LogP contribution in [0.1, 0.15) is 18.9 Å². The lowest BCUT2D eigenvalue weighted by Crippen LogP contribution is -2.23. The van der Waals surface area contributed by atoms with Crippen LogP contribution in [0.2, 0.25) is 0 Å². The summed E-state index contributed by atoms with van der Waals surface area (Å²) < 4.78 is 37.3. The van der Waals surface area contributed by atoms with Crippen molar-refractivity contribution < 1.29 is 18.3 Å². The molecule has 0 saturated heterocycles. The zero-order valence-corrected chi connectivity index (χ0v) is 6.91. The highest BCUT2D eigenvalue weighted by Crippen LogP contribution is 2.31. The van der Waals surface area contributed by atoms with Gasteiger partial charge in [-0.2, -0.15) is 13.2 Å². The van der Waals surface area contributed by atoms with Crippen molar-refractivity contribution in [1.82, 2.24) is 9.55 Å². The summed E-state index contributed by atoms with van der Waals surface area (Å²) in [5, 5.41) is 8.85. The van der Waals surface area contributed by atoms with Crippen molar-refractivity contribution in [1.29, 1.82) is 0 Å². The minimum atomic E-state index is -4.65. The molecule has 1 aromatic heterocycles. The number of nitrogens with zero attached hydrogens (tertiary/aromatic N) is 2. The lowest BCUT2D eigenvalue weighted by molar-refractivity contribution is -0.209. The van der Waals surface area contributed by atoms with E-state index < -0.39 is 12.3 Å². The largest absolute Gasteiger partial charge is 0.421 e. The van der Waals surface area contributed by atoms with Gasteiger partial charge in [0.1, 0.15) is 5.82 Å². The average molecular weight is 194 g/mol. The van der Waals surface area contributed by atoms with Gasteiger partial charge < -0.3 is 9.67 Å². The maximum atomic E-state index is 12.0. The normalized spacial score (nSPS) is 14.5. The Morgan fingerprint density at radius 3 is 2.69 bits per heavy atom. The first kappa shape index (κ1) is 10.0. The zero-order chi connectivity index (χ0) is 10.1. The smallest absolute Gasteiger partial charge is 0.377 e. The Kier molecular flexibility index (Phi) is 2.60. The van der Waals surface area contributed by atoms with Gasteiger partial charge in [0.2, 0.25) is 6.10 Å². The van der Waals surface area contributed by atoms with Gasteiger partial charge in [0.15, 0.2) is 0 Å². The predicted octanol–water partition coefficient (Wildman–Crippen LogP) is 1.50. The topological polar surface area (TPSA) is 38.0 Å². The van der Waals surface area contributed by atoms with E-state index in [4.69, 9.17) is 5.11 Å². The van der Waals surface area contributed by atoms with Gasteiger partial charge >= 0.3 is 6.18 Å². The molecule has 1 unspecified atom stereocenters. The lowest BCUT2D eigenvalue weighted by Gasteiger charge is -2.14. The molecular weight excluding hydrogens is 185 g/mol. The van der Waals surface area contributed by atoms with Crippen molar-refractivity contribution in [3.05, 3.63) is 18.2 Å². The van der Waals surface area contributed by atoms with Gasteiger partial charge in [0, 0.05) is 18.9 Å². The molecule has 1 heterocycles. The molecule has 1 aromatic rings. The van der Waals surface area contributed by atoms with Crippen LogP contribution in [-0.4, -0.2) is 20.8 Å². The van der Waals surface area contributed by atoms with E-state index in [2.05, 4.69) is 4.98 Å². The van der Waals surface area contributed by atoms with Crippen LogP contribution in [0.4, 0.5) is 13.2 Å². The number of halogens is 3. The van der Waals surface area contributed by atoms with Crippen LogP contribution in [-0.2, 0) is 6.54 Å². The van der Waals surface area contributed by atoms with Crippen LogP contribution in [0.15, 0.2) is 12.4 Å². The van der Waals surface area contributed by atoms with E-state index in [1.165, 1.54) is 17.0 Å². The molecule has 0 aliphatic rings. The summed E-state index contributed by atoms with van der Waals surface area (Å²) in [6.07, 6.45) is -4.53. The van der Waals surface area contributed by atoms with E-state index in [0.29, 0.717) is 6.54 Å². The molecular formula is C7H9F3N2O. The first-order valence-electron chi connectivity index (χ1n) is 3.72. The quantitative estimate of drug-likeness (QED) is 0.774. The molecule has 0 fully saturated rings. The zero-order valence-electron chi connectivity index (χ0n) is 6.91. The van der Waals surface area contributed by atoms with Crippen LogP contribution in [0.25, 0.3) is 0 Å². The van der Waals surface area contributed by atoms with Gasteiger partial charge in [0.05, 0.1) is 0 Å². The number of aliphatic hydroxyl groups excluding tert-OH is 1. The summed E-state index contributed by atoms with van der Waals surface area (Å²) in [5.41, 5.74) is 0. The molecule has 13 heavy (non-hydrogen) atoms. The molecule has 0 bridgehead atoms. The highest BCUT2D eigenvalue weighted by atomic mass is 19.4. The fraction of sp³-hybridized carbons (Fsp3) is 0.571. The van der Waals surface area contributed by atoms with Gasteiger partial charge in [-0.3, -0.25) is 0 Å². The fourth-order valence-electron chi connectivity index (χ4n) is 0.982. The molecule has 3 nitrogen and oxygen atoms in total. The van der Waals surface area contributed by atoms with Crippen molar-refractivity contribution >= 4 is 0 Å². The molecule has 1 N–H and O–H groups in total. The summed E-state index contributed by atoms with van der Waals surface area (Å²) in [7, 11) is 0. The Morgan fingerprint density at radius 2 is 2.23 bits per heavy atom. The fourth-order valence-corrected chi connectivity index (χ4v) is 0.982. The van der Waals surface area contributed by atoms with E-state index in [1.807, 2.05) is 0 Å². The van der Waals surface area contributed by atoms with E-state index in [9.17, 15) is 13.2 Å². The van der Waals surface area contributed by atoms with Gasteiger partial charge in [-0.1, -0.05) is 0 Å². The van der Waals surface area contributed by atoms with E-state index in [1.54, 1.807) is 6.92 Å². The Morgan fingerprint density at radius 1 is 1.62 bits per heavy atom. The molecule has 0 saturated carbocycles. The van der Waals surface area contributed by atoms with Gasteiger partial charge in [-0.15, -0.1) is 0 Å². The van der Waals surface area contributed by atoms with Crippen LogP contribution in [0.3, 0.4) is 0 Å². The monoisotopic (exact) mass is 194 g/mol. The third-order valence-electron chi connectivity index (χ3n) is 1.64. The number of rotatable bonds is 2. The summed E-state index contributed by atoms with van der Waals surface area (Å²) >= 11 is 0. The van der Waals surface area contributed by atoms with Crippen molar-refractivity contribution in [3.63, 3.8) is 0 Å². The second-order valence-electron chi connectivity index (χ2n) is 2.52. The molecule has 0 aliphatic carbocycles. The molecule has 0 amide bonds. The second kappa shape index (κ2) is 3.37. The van der Waals surface area contributed by atoms with E-state index in [0.717, 1.165) is 0 Å². The van der Waals surface area contributed by atoms with Gasteiger partial charge in [-0.25, -0.2) is 4.98 Å². The third-order valence-corrected chi connectivity index (χ3v) is 1.64. The Balaban J connectivity index is 2.94. The number of alkyl halides is 3. The number of aliphatic hydroxyl groups is 1. The minimum Gasteiger partial charge on any atom is -0.377 e. The Labute approximate surface area is 72.8 Å². The Hall–Kier alpha value is -1.04. The van der Waals surface area contributed by atoms with Crippen molar-refractivity contribution in [2.45, 2.75) is 25.7 Å². The number of imidazole rings is 1. The predicted molar refractivity (Wildman–Crippen MR) is 38.9 cm³/mol. The molecule has 0 radical (unpaired) electrons. The molecule has 1 atom stereocenters. The molecule has 0 aliphatic heterocycles. The molecule has 6 heteroatoms. The first-order valence-corrected chi connectivity index (χ1v) is 3.72. The number of hydrogen-bond donors (Lipinski definition) is 1. The second-order valence-corrected chi connectivity index (χ2v) is 2.52. The standard InChI is InChI=1S/C7H9F3N2O/c1-2-12-4-3-11-6(12)5(13)7(8,9)10/h3-5,13H,2H2,1H3. The highest BCUT2D eigenvalue weighted by Gasteiger charge is 2.41. The summed E-state index contributed by atoms with van der Waals surface area (Å²) in [4.78, 5) is 3.45. The SMILES string of the molecule is CCn1ccnc1C(O)C(F)(F)F. The minimum absolute atomic E-state index is 0.350. The van der Waals surface area contributed by atoms with Crippen LogP contribution < -0.4 is 0 Å². The van der Waals surface area contributed by atoms with Gasteiger partial charge in [-0.05, 0) is 6.92 Å². The van der Waals surface area contributed by atoms with Crippen molar-refractivity contribution in [2.75, 3.05) is 0 Å². The molecule has 74 valence electrons. The summed E-state index contributed by atoms with van der Waals surface area (Å²) in [5.74, 6) is -0.366. The lowest BCUT2D eigenvalue weighted by atomic mass is 10.3. The van der Waals surface area contributed by atoms with E-state index >= 15 is 0 Å². The van der Waals surface area contributed by atoms with Crippen molar-refractivity contribution in [2.24, 2.45) is 0 Å². The summed E-state index contributed by atoms with van der Waals surface area (Å²) in [6.45, 7) is 2.02. The maximum absolute atomic E-state index is 12.0. The first-order chi connectivity index (χ1) is 5.96. The van der Waals surface area contributed by atoms with E-state index in [-0.39, 0.29) is 5.82 Å². The molecule has 0 spiro atoms. The number of aromatic nitrogens is 2. The average Bonchev–Trinajstić information content (AvgIpc) is 2.48. The van der Waals surface area contributed by atoms with Crippen LogP contribution >= 0.6 is 0 Å². The number of hydrogen-bond acceptors (Lipinski definition) is 2. The van der Waals surface area contributed by atoms with Crippen LogP contribution in [0, 0.1) is 0 Å². The highest BCUT2D eigenvalue weighted by molar-refractivity contribution is 4.98. The molecule has 0 aromatic carbocycles.